The van der Waals surface area contributed by atoms with E-state index in [2.05, 4.69) is 36.5 Å². The van der Waals surface area contributed by atoms with Crippen molar-refractivity contribution in [3.8, 4) is 0 Å². The molecule has 0 bridgehead atoms. The highest BCUT2D eigenvalue weighted by Crippen LogP contribution is 2.09. The summed E-state index contributed by atoms with van der Waals surface area (Å²) < 4.78 is 0. The first-order chi connectivity index (χ1) is 12.8. The van der Waals surface area contributed by atoms with Crippen LogP contribution in [0.15, 0.2) is 24.3 Å². The average molecular weight is 365 g/mol. The van der Waals surface area contributed by atoms with Crippen LogP contribution in [0.25, 0.3) is 0 Å². The quantitative estimate of drug-likeness (QED) is 0.322. The molecule has 1 heterocycles. The summed E-state index contributed by atoms with van der Waals surface area (Å²) in [4.78, 5) is 17.1. The molecule has 0 unspecified atom stereocenters. The van der Waals surface area contributed by atoms with E-state index < -0.39 is 0 Å². The zero-order chi connectivity index (χ0) is 18.7. The molecule has 26 heavy (non-hydrogen) atoms. The van der Waals surface area contributed by atoms with Gasteiger partial charge in [0.05, 0.1) is 0 Å². The molecule has 1 aliphatic heterocycles. The Bertz CT molecular complexity index is 388. The Morgan fingerprint density at radius 2 is 1.50 bits per heavy atom. The summed E-state index contributed by atoms with van der Waals surface area (Å²) in [5.74, 6) is -0.0717. The summed E-state index contributed by atoms with van der Waals surface area (Å²) in [6, 6.07) is 0. The van der Waals surface area contributed by atoms with Crippen molar-refractivity contribution >= 4 is 5.97 Å². The van der Waals surface area contributed by atoms with Crippen LogP contribution in [0.2, 0.25) is 0 Å². The van der Waals surface area contributed by atoms with E-state index in [0.29, 0.717) is 6.42 Å². The standard InChI is InChI=1S/C22H40N2O2/c1-2-3-4-5-6-7-8-9-10-11-12-13-14-15-16-17-22(25)26-24-20-18-23-19-21-24/h6-7,9-10,23H,2-5,8,11-21H2,1H3/b7-6-,10-9-. The van der Waals surface area contributed by atoms with Gasteiger partial charge in [0.1, 0.15) is 0 Å². The van der Waals surface area contributed by atoms with Crippen LogP contribution in [0.5, 0.6) is 0 Å². The van der Waals surface area contributed by atoms with E-state index in [9.17, 15) is 4.79 Å². The van der Waals surface area contributed by atoms with Crippen LogP contribution in [0.4, 0.5) is 0 Å². The van der Waals surface area contributed by atoms with Gasteiger partial charge in [-0.2, -0.15) is 0 Å². The average Bonchev–Trinajstić information content (AvgIpc) is 2.65. The minimum Gasteiger partial charge on any atom is -0.368 e. The van der Waals surface area contributed by atoms with Crippen LogP contribution in [0.3, 0.4) is 0 Å². The van der Waals surface area contributed by atoms with Crippen molar-refractivity contribution in [3.63, 3.8) is 0 Å². The zero-order valence-corrected chi connectivity index (χ0v) is 16.9. The second-order valence-corrected chi connectivity index (χ2v) is 7.12. The molecule has 0 aliphatic carbocycles. The summed E-state index contributed by atoms with van der Waals surface area (Å²) in [5, 5.41) is 5.03. The highest BCUT2D eigenvalue weighted by atomic mass is 16.7. The topological polar surface area (TPSA) is 41.6 Å². The number of carbonyl (C=O) groups is 1. The fourth-order valence-corrected chi connectivity index (χ4v) is 3.01. The molecule has 1 aliphatic rings. The summed E-state index contributed by atoms with van der Waals surface area (Å²) >= 11 is 0. The number of rotatable bonds is 15. The fourth-order valence-electron chi connectivity index (χ4n) is 3.01. The van der Waals surface area contributed by atoms with E-state index in [0.717, 1.165) is 45.4 Å². The summed E-state index contributed by atoms with van der Waals surface area (Å²) in [7, 11) is 0. The third-order valence-corrected chi connectivity index (χ3v) is 4.64. The molecule has 0 atom stereocenters. The molecule has 0 aromatic carbocycles. The van der Waals surface area contributed by atoms with Gasteiger partial charge < -0.3 is 10.2 Å². The maximum Gasteiger partial charge on any atom is 0.325 e. The molecule has 0 saturated carbocycles. The lowest BCUT2D eigenvalue weighted by molar-refractivity contribution is -0.192. The van der Waals surface area contributed by atoms with E-state index in [1.165, 1.54) is 51.4 Å². The number of allylic oxidation sites excluding steroid dienone is 4. The van der Waals surface area contributed by atoms with E-state index in [4.69, 9.17) is 4.84 Å². The van der Waals surface area contributed by atoms with Crippen molar-refractivity contribution < 1.29 is 9.63 Å². The maximum absolute atomic E-state index is 11.7. The third-order valence-electron chi connectivity index (χ3n) is 4.64. The number of hydrogen-bond acceptors (Lipinski definition) is 4. The summed E-state index contributed by atoms with van der Waals surface area (Å²) in [6.07, 6.45) is 23.0. The van der Waals surface area contributed by atoms with Crippen molar-refractivity contribution in [2.45, 2.75) is 84.0 Å². The molecule has 0 amide bonds. The Balaban J connectivity index is 1.82. The number of hydrogen-bond donors (Lipinski definition) is 1. The van der Waals surface area contributed by atoms with Crippen LogP contribution >= 0.6 is 0 Å². The fraction of sp³-hybridized carbons (Fsp3) is 0.773. The zero-order valence-electron chi connectivity index (χ0n) is 16.9. The number of hydroxylamine groups is 2. The highest BCUT2D eigenvalue weighted by molar-refractivity contribution is 5.68. The molecule has 0 aromatic heterocycles. The van der Waals surface area contributed by atoms with Crippen molar-refractivity contribution in [2.24, 2.45) is 0 Å². The number of nitrogens with zero attached hydrogens (tertiary/aromatic N) is 1. The molecule has 1 N–H and O–H groups in total. The molecule has 0 aromatic rings. The molecule has 150 valence electrons. The van der Waals surface area contributed by atoms with Gasteiger partial charge in [-0.1, -0.05) is 63.3 Å². The SMILES string of the molecule is CCCCC/C=C\C/C=C\CCCCCCCC(=O)ON1CCNCC1. The Hall–Kier alpha value is -1.13. The number of carbonyl (C=O) groups excluding carboxylic acids is 1. The maximum atomic E-state index is 11.7. The van der Waals surface area contributed by atoms with Gasteiger partial charge in [-0.05, 0) is 38.5 Å². The minimum absolute atomic E-state index is 0.0717. The van der Waals surface area contributed by atoms with Gasteiger partial charge in [-0.25, -0.2) is 0 Å². The molecule has 1 fully saturated rings. The predicted molar refractivity (Wildman–Crippen MR) is 110 cm³/mol. The van der Waals surface area contributed by atoms with Gasteiger partial charge in [0.25, 0.3) is 0 Å². The molecule has 0 spiro atoms. The lowest BCUT2D eigenvalue weighted by Gasteiger charge is -2.25. The Morgan fingerprint density at radius 1 is 0.885 bits per heavy atom. The largest absolute Gasteiger partial charge is 0.368 e. The Morgan fingerprint density at radius 3 is 2.19 bits per heavy atom. The Kier molecular flexibility index (Phi) is 15.2. The first kappa shape index (κ1) is 22.9. The first-order valence-electron chi connectivity index (χ1n) is 10.8. The van der Waals surface area contributed by atoms with Gasteiger partial charge in [-0.3, -0.25) is 4.79 Å². The molecule has 4 nitrogen and oxygen atoms in total. The van der Waals surface area contributed by atoms with Crippen LogP contribution < -0.4 is 5.32 Å². The smallest absolute Gasteiger partial charge is 0.325 e. The second-order valence-electron chi connectivity index (χ2n) is 7.12. The summed E-state index contributed by atoms with van der Waals surface area (Å²) in [6.45, 7) is 5.64. The van der Waals surface area contributed by atoms with E-state index in [-0.39, 0.29) is 5.97 Å². The van der Waals surface area contributed by atoms with Gasteiger partial charge in [0, 0.05) is 32.6 Å². The van der Waals surface area contributed by atoms with Gasteiger partial charge in [0.15, 0.2) is 0 Å². The molecule has 1 rings (SSSR count). The lowest BCUT2D eigenvalue weighted by atomic mass is 10.1. The van der Waals surface area contributed by atoms with Gasteiger partial charge in [0.2, 0.25) is 0 Å². The molecule has 4 heteroatoms. The van der Waals surface area contributed by atoms with Crippen molar-refractivity contribution in [3.05, 3.63) is 24.3 Å². The third kappa shape index (κ3) is 14.1. The van der Waals surface area contributed by atoms with E-state index in [1.807, 2.05) is 0 Å². The van der Waals surface area contributed by atoms with Gasteiger partial charge in [-0.15, -0.1) is 5.06 Å². The number of piperazine rings is 1. The minimum atomic E-state index is -0.0717. The molecule has 0 radical (unpaired) electrons. The second kappa shape index (κ2) is 17.3. The van der Waals surface area contributed by atoms with Crippen molar-refractivity contribution in [1.29, 1.82) is 0 Å². The summed E-state index contributed by atoms with van der Waals surface area (Å²) in [5.41, 5.74) is 0. The van der Waals surface area contributed by atoms with Crippen LogP contribution in [0.1, 0.15) is 84.0 Å². The lowest BCUT2D eigenvalue weighted by Crippen LogP contribution is -2.44. The normalized spacial score (nSPS) is 15.9. The van der Waals surface area contributed by atoms with Crippen LogP contribution in [-0.2, 0) is 9.63 Å². The highest BCUT2D eigenvalue weighted by Gasteiger charge is 2.14. The number of unbranched alkanes of at least 4 members (excludes halogenated alkanes) is 8. The molecular formula is C22H40N2O2. The van der Waals surface area contributed by atoms with Crippen molar-refractivity contribution in [1.82, 2.24) is 10.4 Å². The number of nitrogens with one attached hydrogen (secondary N) is 1. The molecule has 1 saturated heterocycles. The van der Waals surface area contributed by atoms with Gasteiger partial charge >= 0.3 is 5.97 Å². The van der Waals surface area contributed by atoms with Crippen LogP contribution in [0, 0.1) is 0 Å². The van der Waals surface area contributed by atoms with Crippen molar-refractivity contribution in [2.75, 3.05) is 26.2 Å². The van der Waals surface area contributed by atoms with Crippen LogP contribution in [-0.4, -0.2) is 37.2 Å². The van der Waals surface area contributed by atoms with E-state index in [1.54, 1.807) is 5.06 Å². The first-order valence-corrected chi connectivity index (χ1v) is 10.8. The predicted octanol–water partition coefficient (Wildman–Crippen LogP) is 5.16. The molecular weight excluding hydrogens is 324 g/mol. The monoisotopic (exact) mass is 364 g/mol. The van der Waals surface area contributed by atoms with E-state index >= 15 is 0 Å². The Labute approximate surface area is 161 Å².